The number of hydrogen-bond donors (Lipinski definition) is 2. The standard InChI is InChI=1S/C19H23N3O4S2/c1-5-6-27-17-18-21(8-20(17)4)7-11(28-18)12-9(2)14-13(10(3)23)16(24)22(14)15(12)19(25)26/h7-10,13-14,23H,5-6H2,1-4H3/p+1/t9-,10+,13+,14+/m0/s1. The molecular formula is C19H24N3O4S2+. The highest BCUT2D eigenvalue weighted by atomic mass is 32.2. The van der Waals surface area contributed by atoms with Crippen LogP contribution in [-0.4, -0.2) is 49.3 Å². The summed E-state index contributed by atoms with van der Waals surface area (Å²) in [6.07, 6.45) is 4.23. The third-order valence-electron chi connectivity index (χ3n) is 5.58. The number of aliphatic hydroxyl groups excluding tert-OH is 1. The van der Waals surface area contributed by atoms with E-state index in [9.17, 15) is 19.8 Å². The second-order valence-corrected chi connectivity index (χ2v) is 9.62. The van der Waals surface area contributed by atoms with E-state index < -0.39 is 18.0 Å². The molecule has 0 radical (unpaired) electrons. The summed E-state index contributed by atoms with van der Waals surface area (Å²) in [6, 6.07) is -0.292. The van der Waals surface area contributed by atoms with Crippen LogP contribution in [0.5, 0.6) is 0 Å². The zero-order valence-corrected chi connectivity index (χ0v) is 17.9. The van der Waals surface area contributed by atoms with Crippen LogP contribution >= 0.6 is 23.1 Å². The highest BCUT2D eigenvalue weighted by molar-refractivity contribution is 7.99. The zero-order valence-electron chi connectivity index (χ0n) is 16.2. The molecular weight excluding hydrogens is 398 g/mol. The first-order valence-corrected chi connectivity index (χ1v) is 11.2. The summed E-state index contributed by atoms with van der Waals surface area (Å²) < 4.78 is 4.11. The molecule has 0 spiro atoms. The van der Waals surface area contributed by atoms with E-state index in [4.69, 9.17) is 0 Å². The fourth-order valence-electron chi connectivity index (χ4n) is 4.38. The molecule has 150 valence electrons. The summed E-state index contributed by atoms with van der Waals surface area (Å²) in [5.41, 5.74) is 0.757. The third-order valence-corrected chi connectivity index (χ3v) is 8.22. The Kier molecular flexibility index (Phi) is 4.79. The van der Waals surface area contributed by atoms with Crippen molar-refractivity contribution in [1.82, 2.24) is 9.30 Å². The molecule has 0 unspecified atom stereocenters. The van der Waals surface area contributed by atoms with Gasteiger partial charge in [0.2, 0.25) is 22.1 Å². The Hall–Kier alpha value is -1.84. The highest BCUT2D eigenvalue weighted by Crippen LogP contribution is 2.51. The summed E-state index contributed by atoms with van der Waals surface area (Å²) in [7, 11) is 2.01. The van der Waals surface area contributed by atoms with Gasteiger partial charge >= 0.3 is 5.97 Å². The maximum atomic E-state index is 12.5. The van der Waals surface area contributed by atoms with Crippen LogP contribution in [-0.2, 0) is 16.6 Å². The van der Waals surface area contributed by atoms with Crippen molar-refractivity contribution in [3.05, 3.63) is 23.1 Å². The average Bonchev–Trinajstić information content (AvgIpc) is 3.20. The molecule has 4 heterocycles. The quantitative estimate of drug-likeness (QED) is 0.422. The molecule has 2 aliphatic rings. The minimum absolute atomic E-state index is 0.0658. The van der Waals surface area contributed by atoms with Crippen LogP contribution in [0, 0.1) is 11.8 Å². The summed E-state index contributed by atoms with van der Waals surface area (Å²) in [6.45, 7) is 5.69. The molecule has 9 heteroatoms. The second-order valence-electron chi connectivity index (χ2n) is 7.51. The van der Waals surface area contributed by atoms with Crippen molar-refractivity contribution in [3.8, 4) is 0 Å². The largest absolute Gasteiger partial charge is 0.477 e. The second kappa shape index (κ2) is 6.89. The Bertz CT molecular complexity index is 1010. The number of fused-ring (bicyclic) bond motifs is 2. The van der Waals surface area contributed by atoms with E-state index in [0.717, 1.165) is 26.9 Å². The fourth-order valence-corrected chi connectivity index (χ4v) is 6.76. The smallest absolute Gasteiger partial charge is 0.352 e. The van der Waals surface area contributed by atoms with Gasteiger partial charge in [-0.1, -0.05) is 36.9 Å². The molecule has 28 heavy (non-hydrogen) atoms. The van der Waals surface area contributed by atoms with Crippen molar-refractivity contribution in [1.29, 1.82) is 0 Å². The molecule has 4 atom stereocenters. The van der Waals surface area contributed by atoms with Crippen LogP contribution in [0.2, 0.25) is 0 Å². The number of thiazole rings is 1. The molecule has 2 aliphatic heterocycles. The number of nitrogens with zero attached hydrogens (tertiary/aromatic N) is 3. The molecule has 1 fully saturated rings. The van der Waals surface area contributed by atoms with Crippen LogP contribution < -0.4 is 4.57 Å². The molecule has 1 amide bonds. The third kappa shape index (κ3) is 2.63. The van der Waals surface area contributed by atoms with E-state index in [0.29, 0.717) is 5.57 Å². The summed E-state index contributed by atoms with van der Waals surface area (Å²) in [5, 5.41) is 21.0. The maximum absolute atomic E-state index is 12.5. The van der Waals surface area contributed by atoms with Crippen molar-refractivity contribution >= 4 is 45.4 Å². The number of carbonyl (C=O) groups is 2. The van der Waals surface area contributed by atoms with Gasteiger partial charge in [0.15, 0.2) is 0 Å². The molecule has 0 saturated carbocycles. The molecule has 0 aromatic carbocycles. The number of thioether (sulfide) groups is 1. The number of aromatic nitrogens is 2. The van der Waals surface area contributed by atoms with Gasteiger partial charge in [-0.05, 0) is 13.3 Å². The Balaban J connectivity index is 1.80. The van der Waals surface area contributed by atoms with E-state index in [2.05, 4.69) is 11.5 Å². The summed E-state index contributed by atoms with van der Waals surface area (Å²) in [5.74, 6) is -1.06. The Labute approximate surface area is 171 Å². The van der Waals surface area contributed by atoms with Gasteiger partial charge in [0.05, 0.1) is 30.0 Å². The monoisotopic (exact) mass is 422 g/mol. The molecule has 2 N–H and O–H groups in total. The number of carboxylic acid groups (broad SMARTS) is 1. The van der Waals surface area contributed by atoms with Gasteiger partial charge in [0.25, 0.3) is 0 Å². The minimum atomic E-state index is -1.09. The van der Waals surface area contributed by atoms with Gasteiger partial charge in [-0.3, -0.25) is 4.79 Å². The number of carboxylic acids is 1. The van der Waals surface area contributed by atoms with E-state index in [-0.39, 0.29) is 23.6 Å². The fraction of sp³-hybridized carbons (Fsp3) is 0.526. The van der Waals surface area contributed by atoms with Crippen molar-refractivity contribution < 1.29 is 24.4 Å². The van der Waals surface area contributed by atoms with E-state index in [1.54, 1.807) is 30.0 Å². The van der Waals surface area contributed by atoms with Gasteiger partial charge in [0.1, 0.15) is 11.9 Å². The molecule has 1 saturated heterocycles. The molecule has 7 nitrogen and oxygen atoms in total. The number of rotatable bonds is 6. The number of amides is 1. The zero-order chi connectivity index (χ0) is 20.3. The van der Waals surface area contributed by atoms with Crippen molar-refractivity contribution in [3.63, 3.8) is 0 Å². The molecule has 2 aromatic heterocycles. The molecule has 2 aromatic rings. The number of imidazole rings is 1. The van der Waals surface area contributed by atoms with Crippen LogP contribution in [0.15, 0.2) is 23.2 Å². The van der Waals surface area contributed by atoms with Gasteiger partial charge in [-0.25, -0.2) is 9.36 Å². The highest BCUT2D eigenvalue weighted by Gasteiger charge is 2.60. The number of aliphatic hydroxyl groups is 1. The lowest BCUT2D eigenvalue weighted by Crippen LogP contribution is -2.63. The molecule has 0 bridgehead atoms. The molecule has 0 aliphatic carbocycles. The van der Waals surface area contributed by atoms with Gasteiger partial charge in [0, 0.05) is 17.2 Å². The average molecular weight is 423 g/mol. The van der Waals surface area contributed by atoms with Crippen LogP contribution in [0.3, 0.4) is 0 Å². The Morgan fingerprint density at radius 2 is 2.18 bits per heavy atom. The van der Waals surface area contributed by atoms with Gasteiger partial charge in [-0.2, -0.15) is 4.40 Å². The topological polar surface area (TPSA) is 86.1 Å². The SMILES string of the molecule is CCCSc1c2sc(C3=C(C(=O)O)N4C(=O)[C@H]([C@@H](C)O)[C@H]4[C@H]3C)cn2c[n+]1C. The lowest BCUT2D eigenvalue weighted by molar-refractivity contribution is -0.705. The number of aliphatic carboxylic acids is 1. The lowest BCUT2D eigenvalue weighted by Gasteiger charge is -2.46. The van der Waals surface area contributed by atoms with E-state index >= 15 is 0 Å². The first kappa shape index (κ1) is 19.5. The van der Waals surface area contributed by atoms with Crippen molar-refractivity contribution in [2.24, 2.45) is 18.9 Å². The van der Waals surface area contributed by atoms with Crippen molar-refractivity contribution in [2.45, 2.75) is 44.4 Å². The molecule has 4 rings (SSSR count). The minimum Gasteiger partial charge on any atom is -0.477 e. The lowest BCUT2D eigenvalue weighted by atomic mass is 9.77. The normalized spacial score (nSPS) is 25.4. The first-order chi connectivity index (χ1) is 13.3. The summed E-state index contributed by atoms with van der Waals surface area (Å²) >= 11 is 3.35. The van der Waals surface area contributed by atoms with Crippen LogP contribution in [0.25, 0.3) is 10.4 Å². The van der Waals surface area contributed by atoms with Crippen molar-refractivity contribution in [2.75, 3.05) is 5.75 Å². The Morgan fingerprint density at radius 3 is 2.79 bits per heavy atom. The summed E-state index contributed by atoms with van der Waals surface area (Å²) in [4.78, 5) is 27.9. The Morgan fingerprint density at radius 1 is 1.46 bits per heavy atom. The predicted molar refractivity (Wildman–Crippen MR) is 107 cm³/mol. The number of carbonyl (C=O) groups excluding carboxylic acids is 1. The van der Waals surface area contributed by atoms with E-state index in [1.807, 2.05) is 30.9 Å². The van der Waals surface area contributed by atoms with Gasteiger partial charge < -0.3 is 15.1 Å². The maximum Gasteiger partial charge on any atom is 0.352 e. The van der Waals surface area contributed by atoms with Crippen LogP contribution in [0.1, 0.15) is 32.1 Å². The van der Waals surface area contributed by atoms with Crippen LogP contribution in [0.4, 0.5) is 0 Å². The number of β-lactam (4-membered cyclic amide) rings is 1. The predicted octanol–water partition coefficient (Wildman–Crippen LogP) is 1.98. The number of aryl methyl sites for hydroxylation is 1. The van der Waals surface area contributed by atoms with Gasteiger partial charge in [-0.15, -0.1) is 0 Å². The number of hydrogen-bond acceptors (Lipinski definition) is 5. The first-order valence-electron chi connectivity index (χ1n) is 9.39. The van der Waals surface area contributed by atoms with E-state index in [1.165, 1.54) is 4.90 Å².